The molecule has 2 aromatic heterocycles. The Morgan fingerprint density at radius 2 is 1.81 bits per heavy atom. The molecule has 0 atom stereocenters. The van der Waals surface area contributed by atoms with Crippen molar-refractivity contribution in [3.05, 3.63) is 71.8 Å². The number of benzene rings is 1. The van der Waals surface area contributed by atoms with Gasteiger partial charge >= 0.3 is 6.18 Å². The summed E-state index contributed by atoms with van der Waals surface area (Å²) in [7, 11) is 0. The van der Waals surface area contributed by atoms with Gasteiger partial charge in [0, 0.05) is 23.5 Å². The molecule has 0 saturated heterocycles. The number of aromatic nitrogens is 3. The Balaban J connectivity index is 1.99. The molecule has 3 rings (SSSR count). The van der Waals surface area contributed by atoms with Gasteiger partial charge in [-0.2, -0.15) is 13.2 Å². The van der Waals surface area contributed by atoms with Gasteiger partial charge in [-0.25, -0.2) is 9.97 Å². The summed E-state index contributed by atoms with van der Waals surface area (Å²) < 4.78 is 40.3. The van der Waals surface area contributed by atoms with Crippen LogP contribution in [0.1, 0.15) is 21.6 Å². The van der Waals surface area contributed by atoms with E-state index >= 15 is 0 Å². The maximum absolute atomic E-state index is 13.4. The van der Waals surface area contributed by atoms with E-state index in [0.717, 1.165) is 11.8 Å². The minimum Gasteiger partial charge on any atom is -0.319 e. The van der Waals surface area contributed by atoms with Crippen molar-refractivity contribution in [1.29, 1.82) is 0 Å². The molecule has 0 aliphatic carbocycles. The molecule has 26 heavy (non-hydrogen) atoms. The van der Waals surface area contributed by atoms with Gasteiger partial charge in [0.25, 0.3) is 5.91 Å². The van der Waals surface area contributed by atoms with E-state index in [1.807, 2.05) is 0 Å². The monoisotopic (exact) mass is 358 g/mol. The van der Waals surface area contributed by atoms with Crippen molar-refractivity contribution < 1.29 is 18.0 Å². The van der Waals surface area contributed by atoms with Crippen LogP contribution >= 0.6 is 0 Å². The molecule has 2 heterocycles. The fourth-order valence-corrected chi connectivity index (χ4v) is 2.29. The summed E-state index contributed by atoms with van der Waals surface area (Å²) in [6.07, 6.45) is -0.851. The molecule has 0 spiro atoms. The number of hydrogen-bond acceptors (Lipinski definition) is 4. The van der Waals surface area contributed by atoms with Crippen LogP contribution in [0.25, 0.3) is 11.4 Å². The van der Waals surface area contributed by atoms with Crippen LogP contribution in [0.15, 0.2) is 55.0 Å². The number of rotatable bonds is 3. The van der Waals surface area contributed by atoms with E-state index in [1.54, 1.807) is 37.4 Å². The lowest BCUT2D eigenvalue weighted by atomic mass is 10.2. The molecular formula is C18H13F3N4O. The molecule has 0 bridgehead atoms. The zero-order valence-corrected chi connectivity index (χ0v) is 13.6. The van der Waals surface area contributed by atoms with E-state index in [4.69, 9.17) is 0 Å². The molecule has 3 aromatic rings. The smallest absolute Gasteiger partial charge is 0.319 e. The summed E-state index contributed by atoms with van der Waals surface area (Å²) in [5.41, 5.74) is -0.367. The van der Waals surface area contributed by atoms with Crippen LogP contribution < -0.4 is 5.32 Å². The highest BCUT2D eigenvalue weighted by molar-refractivity contribution is 6.04. The first-order valence-electron chi connectivity index (χ1n) is 7.57. The van der Waals surface area contributed by atoms with Crippen LogP contribution in [0, 0.1) is 6.92 Å². The van der Waals surface area contributed by atoms with Crippen LogP contribution in [0.4, 0.5) is 18.9 Å². The number of aryl methyl sites for hydroxylation is 1. The zero-order chi connectivity index (χ0) is 18.7. The number of carbonyl (C=O) groups excluding carboxylic acids is 1. The SMILES string of the molecule is Cc1cncc(-c2ncc(NC(=O)c3ccccc3)c(C(F)(F)F)n2)c1. The molecule has 0 aliphatic rings. The summed E-state index contributed by atoms with van der Waals surface area (Å²) in [5.74, 6) is -0.795. The molecule has 1 amide bonds. The average Bonchev–Trinajstić information content (AvgIpc) is 2.62. The molecule has 132 valence electrons. The lowest BCUT2D eigenvalue weighted by Gasteiger charge is -2.14. The van der Waals surface area contributed by atoms with Gasteiger partial charge in [0.2, 0.25) is 0 Å². The number of halogens is 3. The normalized spacial score (nSPS) is 11.2. The fraction of sp³-hybridized carbons (Fsp3) is 0.111. The van der Waals surface area contributed by atoms with Gasteiger partial charge < -0.3 is 5.32 Å². The second kappa shape index (κ2) is 6.91. The van der Waals surface area contributed by atoms with Crippen molar-refractivity contribution in [3.63, 3.8) is 0 Å². The largest absolute Gasteiger partial charge is 0.435 e. The van der Waals surface area contributed by atoms with Gasteiger partial charge in [-0.05, 0) is 30.7 Å². The number of hydrogen-bond donors (Lipinski definition) is 1. The Morgan fingerprint density at radius 1 is 1.08 bits per heavy atom. The van der Waals surface area contributed by atoms with Crippen LogP contribution in [-0.4, -0.2) is 20.9 Å². The highest BCUT2D eigenvalue weighted by atomic mass is 19.4. The van der Waals surface area contributed by atoms with Gasteiger partial charge in [-0.1, -0.05) is 18.2 Å². The molecule has 0 aliphatic heterocycles. The Kier molecular flexibility index (Phi) is 4.66. The molecule has 0 unspecified atom stereocenters. The van der Waals surface area contributed by atoms with E-state index < -0.39 is 23.5 Å². The van der Waals surface area contributed by atoms with E-state index in [1.165, 1.54) is 18.3 Å². The predicted molar refractivity (Wildman–Crippen MR) is 89.4 cm³/mol. The van der Waals surface area contributed by atoms with Gasteiger partial charge in [0.15, 0.2) is 11.5 Å². The van der Waals surface area contributed by atoms with Crippen molar-refractivity contribution in [2.45, 2.75) is 13.1 Å². The predicted octanol–water partition coefficient (Wildman–Crippen LogP) is 4.12. The summed E-state index contributed by atoms with van der Waals surface area (Å²) in [6.45, 7) is 1.76. The van der Waals surface area contributed by atoms with E-state index in [2.05, 4.69) is 20.3 Å². The standard InChI is InChI=1S/C18H13F3N4O/c1-11-7-13(9-22-8-11)16-23-10-14(15(25-16)18(19,20)21)24-17(26)12-5-3-2-4-6-12/h2-10H,1H3,(H,24,26). The van der Waals surface area contributed by atoms with Crippen molar-refractivity contribution >= 4 is 11.6 Å². The quantitative estimate of drug-likeness (QED) is 0.765. The number of pyridine rings is 1. The summed E-state index contributed by atoms with van der Waals surface area (Å²) >= 11 is 0. The van der Waals surface area contributed by atoms with Crippen molar-refractivity contribution in [2.75, 3.05) is 5.32 Å². The molecule has 0 saturated carbocycles. The molecule has 1 aromatic carbocycles. The summed E-state index contributed by atoms with van der Waals surface area (Å²) in [4.78, 5) is 23.6. The third kappa shape index (κ3) is 3.85. The Bertz CT molecular complexity index is 943. The first kappa shape index (κ1) is 17.5. The molecule has 5 nitrogen and oxygen atoms in total. The lowest BCUT2D eigenvalue weighted by Crippen LogP contribution is -2.19. The molecular weight excluding hydrogens is 345 g/mol. The second-order valence-electron chi connectivity index (χ2n) is 5.52. The van der Waals surface area contributed by atoms with Gasteiger partial charge in [0.05, 0.1) is 11.9 Å². The lowest BCUT2D eigenvalue weighted by molar-refractivity contribution is -0.140. The van der Waals surface area contributed by atoms with Crippen LogP contribution in [0.2, 0.25) is 0 Å². The van der Waals surface area contributed by atoms with Crippen LogP contribution in [0.3, 0.4) is 0 Å². The van der Waals surface area contributed by atoms with Gasteiger partial charge in [0.1, 0.15) is 0 Å². The highest BCUT2D eigenvalue weighted by Gasteiger charge is 2.37. The zero-order valence-electron chi connectivity index (χ0n) is 13.6. The minimum absolute atomic E-state index is 0.119. The molecule has 0 radical (unpaired) electrons. The molecule has 8 heteroatoms. The average molecular weight is 358 g/mol. The number of anilines is 1. The maximum atomic E-state index is 13.4. The summed E-state index contributed by atoms with van der Waals surface area (Å²) in [5, 5.41) is 2.22. The van der Waals surface area contributed by atoms with E-state index in [0.29, 0.717) is 5.56 Å². The Labute approximate surface area is 147 Å². The third-order valence-corrected chi connectivity index (χ3v) is 3.47. The Hall–Kier alpha value is -3.29. The van der Waals surface area contributed by atoms with Crippen LogP contribution in [-0.2, 0) is 6.18 Å². The topological polar surface area (TPSA) is 67.8 Å². The Morgan fingerprint density at radius 3 is 2.46 bits per heavy atom. The van der Waals surface area contributed by atoms with Gasteiger partial charge in [-0.15, -0.1) is 0 Å². The van der Waals surface area contributed by atoms with Crippen LogP contribution in [0.5, 0.6) is 0 Å². The first-order valence-corrected chi connectivity index (χ1v) is 7.57. The number of alkyl halides is 3. The first-order chi connectivity index (χ1) is 12.3. The van der Waals surface area contributed by atoms with E-state index in [9.17, 15) is 18.0 Å². The number of carbonyl (C=O) groups is 1. The molecule has 1 N–H and O–H groups in total. The van der Waals surface area contributed by atoms with Gasteiger partial charge in [-0.3, -0.25) is 9.78 Å². The minimum atomic E-state index is -4.76. The summed E-state index contributed by atoms with van der Waals surface area (Å²) in [6, 6.07) is 9.55. The number of amides is 1. The fourth-order valence-electron chi connectivity index (χ4n) is 2.29. The van der Waals surface area contributed by atoms with Crippen molar-refractivity contribution in [3.8, 4) is 11.4 Å². The second-order valence-corrected chi connectivity index (χ2v) is 5.52. The highest BCUT2D eigenvalue weighted by Crippen LogP contribution is 2.34. The van der Waals surface area contributed by atoms with E-state index in [-0.39, 0.29) is 11.4 Å². The number of nitrogens with one attached hydrogen (secondary N) is 1. The third-order valence-electron chi connectivity index (χ3n) is 3.47. The maximum Gasteiger partial charge on any atom is 0.435 e. The number of nitrogens with zero attached hydrogens (tertiary/aromatic N) is 3. The molecule has 0 fully saturated rings. The van der Waals surface area contributed by atoms with Crippen molar-refractivity contribution in [1.82, 2.24) is 15.0 Å². The van der Waals surface area contributed by atoms with Crippen molar-refractivity contribution in [2.24, 2.45) is 0 Å².